The third-order valence-corrected chi connectivity index (χ3v) is 2.67. The molecule has 0 aliphatic carbocycles. The number of hydrogen-bond donors (Lipinski definition) is 1. The molecule has 94 valence electrons. The third kappa shape index (κ3) is 2.77. The quantitative estimate of drug-likeness (QED) is 0.879. The molecular weight excluding hydrogens is 230 g/mol. The number of oxazole rings is 1. The summed E-state index contributed by atoms with van der Waals surface area (Å²) in [5.41, 5.74) is 1.85. The van der Waals surface area contributed by atoms with Gasteiger partial charge in [-0.1, -0.05) is 37.3 Å². The summed E-state index contributed by atoms with van der Waals surface area (Å²) in [6.45, 7) is 2.01. The molecule has 0 radical (unpaired) electrons. The van der Waals surface area contributed by atoms with Crippen LogP contribution in [-0.4, -0.2) is 16.1 Å². The van der Waals surface area contributed by atoms with Crippen LogP contribution in [0.1, 0.15) is 24.9 Å². The summed E-state index contributed by atoms with van der Waals surface area (Å²) in [4.78, 5) is 14.9. The van der Waals surface area contributed by atoms with Crippen LogP contribution >= 0.6 is 0 Å². The molecule has 2 aromatic rings. The summed E-state index contributed by atoms with van der Waals surface area (Å²) in [5.74, 6) is 0.402. The number of aliphatic carboxylic acids is 1. The Morgan fingerprint density at radius 3 is 2.67 bits per heavy atom. The minimum atomic E-state index is -0.840. The van der Waals surface area contributed by atoms with Gasteiger partial charge in [0.2, 0.25) is 0 Å². The molecule has 0 spiro atoms. The zero-order valence-electron chi connectivity index (χ0n) is 10.2. The van der Waals surface area contributed by atoms with Gasteiger partial charge >= 0.3 is 5.97 Å². The first-order chi connectivity index (χ1) is 8.70. The van der Waals surface area contributed by atoms with Gasteiger partial charge in [0.25, 0.3) is 0 Å². The Labute approximate surface area is 105 Å². The molecule has 0 saturated heterocycles. The third-order valence-electron chi connectivity index (χ3n) is 2.67. The number of benzene rings is 1. The standard InChI is InChI=1S/C14H15NO3/c1-2-11-14(10-6-4-3-5-7-10)18-12(15-11)8-9-13(16)17/h3-7H,2,8-9H2,1H3,(H,16,17). The highest BCUT2D eigenvalue weighted by molar-refractivity contribution is 5.67. The summed E-state index contributed by atoms with van der Waals surface area (Å²) in [6.07, 6.45) is 1.13. The van der Waals surface area contributed by atoms with E-state index >= 15 is 0 Å². The minimum absolute atomic E-state index is 0.0396. The van der Waals surface area contributed by atoms with Crippen LogP contribution in [0.2, 0.25) is 0 Å². The summed E-state index contributed by atoms with van der Waals surface area (Å²) in [5, 5.41) is 8.66. The van der Waals surface area contributed by atoms with Crippen molar-refractivity contribution in [3.05, 3.63) is 41.9 Å². The van der Waals surface area contributed by atoms with Crippen LogP contribution < -0.4 is 0 Å². The van der Waals surface area contributed by atoms with E-state index in [1.54, 1.807) is 0 Å². The highest BCUT2D eigenvalue weighted by Crippen LogP contribution is 2.25. The summed E-state index contributed by atoms with van der Waals surface area (Å²) >= 11 is 0. The van der Waals surface area contributed by atoms with Crippen molar-refractivity contribution in [3.63, 3.8) is 0 Å². The number of carboxylic acids is 1. The molecule has 2 rings (SSSR count). The van der Waals surface area contributed by atoms with E-state index in [0.29, 0.717) is 12.3 Å². The lowest BCUT2D eigenvalue weighted by molar-refractivity contribution is -0.137. The molecular formula is C14H15NO3. The Kier molecular flexibility index (Phi) is 3.77. The largest absolute Gasteiger partial charge is 0.481 e. The van der Waals surface area contributed by atoms with Gasteiger partial charge in [-0.3, -0.25) is 4.79 Å². The molecule has 4 heteroatoms. The molecule has 1 heterocycles. The van der Waals surface area contributed by atoms with Crippen molar-refractivity contribution in [3.8, 4) is 11.3 Å². The number of nitrogens with zero attached hydrogens (tertiary/aromatic N) is 1. The Hall–Kier alpha value is -2.10. The Morgan fingerprint density at radius 2 is 2.06 bits per heavy atom. The second kappa shape index (κ2) is 5.49. The second-order valence-electron chi connectivity index (χ2n) is 4.00. The first kappa shape index (κ1) is 12.4. The van der Waals surface area contributed by atoms with Crippen LogP contribution in [0.5, 0.6) is 0 Å². The van der Waals surface area contributed by atoms with E-state index in [1.807, 2.05) is 37.3 Å². The predicted octanol–water partition coefficient (Wildman–Crippen LogP) is 2.92. The first-order valence-corrected chi connectivity index (χ1v) is 5.96. The molecule has 0 bridgehead atoms. The van der Waals surface area contributed by atoms with Gasteiger partial charge in [0, 0.05) is 12.0 Å². The predicted molar refractivity (Wildman–Crippen MR) is 67.3 cm³/mol. The van der Waals surface area contributed by atoms with Gasteiger partial charge in [0.1, 0.15) is 0 Å². The van der Waals surface area contributed by atoms with Crippen LogP contribution in [0.15, 0.2) is 34.7 Å². The van der Waals surface area contributed by atoms with Crippen LogP contribution in [-0.2, 0) is 17.6 Å². The van der Waals surface area contributed by atoms with Crippen LogP contribution in [0.4, 0.5) is 0 Å². The monoisotopic (exact) mass is 245 g/mol. The van der Waals surface area contributed by atoms with Crippen molar-refractivity contribution >= 4 is 5.97 Å². The van der Waals surface area contributed by atoms with Gasteiger partial charge in [0.15, 0.2) is 11.7 Å². The van der Waals surface area contributed by atoms with Crippen molar-refractivity contribution in [2.24, 2.45) is 0 Å². The molecule has 0 saturated carbocycles. The van der Waals surface area contributed by atoms with Gasteiger partial charge in [-0.15, -0.1) is 0 Å². The maximum absolute atomic E-state index is 10.5. The molecule has 18 heavy (non-hydrogen) atoms. The zero-order chi connectivity index (χ0) is 13.0. The number of rotatable bonds is 5. The van der Waals surface area contributed by atoms with Gasteiger partial charge in [-0.2, -0.15) is 0 Å². The minimum Gasteiger partial charge on any atom is -0.481 e. The Bertz CT molecular complexity index is 531. The molecule has 0 fully saturated rings. The molecule has 0 aliphatic heterocycles. The van der Waals surface area contributed by atoms with Crippen LogP contribution in [0.3, 0.4) is 0 Å². The second-order valence-corrected chi connectivity index (χ2v) is 4.00. The lowest BCUT2D eigenvalue weighted by atomic mass is 10.1. The van der Waals surface area contributed by atoms with Gasteiger partial charge in [0.05, 0.1) is 12.1 Å². The van der Waals surface area contributed by atoms with E-state index in [2.05, 4.69) is 4.98 Å². The van der Waals surface area contributed by atoms with E-state index in [9.17, 15) is 4.79 Å². The molecule has 0 amide bonds. The van der Waals surface area contributed by atoms with Crippen molar-refractivity contribution in [2.75, 3.05) is 0 Å². The maximum Gasteiger partial charge on any atom is 0.303 e. The molecule has 1 aromatic heterocycles. The smallest absolute Gasteiger partial charge is 0.303 e. The van der Waals surface area contributed by atoms with E-state index < -0.39 is 5.97 Å². The normalized spacial score (nSPS) is 10.5. The fourth-order valence-electron chi connectivity index (χ4n) is 1.78. The van der Waals surface area contributed by atoms with E-state index in [0.717, 1.165) is 23.4 Å². The van der Waals surface area contributed by atoms with Gasteiger partial charge in [-0.05, 0) is 6.42 Å². The number of aromatic nitrogens is 1. The number of hydrogen-bond acceptors (Lipinski definition) is 3. The van der Waals surface area contributed by atoms with Crippen molar-refractivity contribution in [1.82, 2.24) is 4.98 Å². The van der Waals surface area contributed by atoms with Gasteiger partial charge in [-0.25, -0.2) is 4.98 Å². The topological polar surface area (TPSA) is 63.3 Å². The van der Waals surface area contributed by atoms with Crippen LogP contribution in [0, 0.1) is 0 Å². The molecule has 0 aliphatic rings. The number of carbonyl (C=O) groups is 1. The number of aryl methyl sites for hydroxylation is 2. The van der Waals surface area contributed by atoms with Crippen molar-refractivity contribution in [1.29, 1.82) is 0 Å². The lowest BCUT2D eigenvalue weighted by Gasteiger charge is -1.97. The van der Waals surface area contributed by atoms with E-state index in [-0.39, 0.29) is 6.42 Å². The Balaban J connectivity index is 2.27. The molecule has 0 unspecified atom stereocenters. The molecule has 1 aromatic carbocycles. The summed E-state index contributed by atoms with van der Waals surface area (Å²) in [7, 11) is 0. The Morgan fingerprint density at radius 1 is 1.33 bits per heavy atom. The zero-order valence-corrected chi connectivity index (χ0v) is 10.2. The molecule has 4 nitrogen and oxygen atoms in total. The first-order valence-electron chi connectivity index (χ1n) is 5.96. The fourth-order valence-corrected chi connectivity index (χ4v) is 1.78. The van der Waals surface area contributed by atoms with Crippen LogP contribution in [0.25, 0.3) is 11.3 Å². The number of carboxylic acid groups (broad SMARTS) is 1. The molecule has 1 N–H and O–H groups in total. The van der Waals surface area contributed by atoms with Crippen molar-refractivity contribution in [2.45, 2.75) is 26.2 Å². The fraction of sp³-hybridized carbons (Fsp3) is 0.286. The van der Waals surface area contributed by atoms with Gasteiger partial charge < -0.3 is 9.52 Å². The summed E-state index contributed by atoms with van der Waals surface area (Å²) in [6, 6.07) is 9.74. The SMILES string of the molecule is CCc1nc(CCC(=O)O)oc1-c1ccccc1. The average Bonchev–Trinajstić information content (AvgIpc) is 2.80. The maximum atomic E-state index is 10.5. The average molecular weight is 245 g/mol. The molecule has 0 atom stereocenters. The van der Waals surface area contributed by atoms with E-state index in [4.69, 9.17) is 9.52 Å². The van der Waals surface area contributed by atoms with Crippen molar-refractivity contribution < 1.29 is 14.3 Å². The highest BCUT2D eigenvalue weighted by Gasteiger charge is 2.14. The highest BCUT2D eigenvalue weighted by atomic mass is 16.4. The summed E-state index contributed by atoms with van der Waals surface area (Å²) < 4.78 is 5.67. The lowest BCUT2D eigenvalue weighted by Crippen LogP contribution is -1.97. The van der Waals surface area contributed by atoms with E-state index in [1.165, 1.54) is 0 Å².